The first-order valence-electron chi connectivity index (χ1n) is 7.46. The largest absolute Gasteiger partial charge is 0.340 e. The first-order chi connectivity index (χ1) is 12.6. The number of nitrogens with zero attached hydrogens (tertiary/aromatic N) is 5. The number of rotatable bonds is 3. The number of fused-ring (bicyclic) bond motifs is 1. The van der Waals surface area contributed by atoms with Gasteiger partial charge in [-0.05, 0) is 30.3 Å². The molecule has 8 nitrogen and oxygen atoms in total. The van der Waals surface area contributed by atoms with Crippen LogP contribution < -0.4 is 17.0 Å². The molecule has 0 amide bonds. The Morgan fingerprint density at radius 1 is 0.885 bits per heavy atom. The van der Waals surface area contributed by atoms with Gasteiger partial charge in [0.05, 0.1) is 21.4 Å². The van der Waals surface area contributed by atoms with Gasteiger partial charge >= 0.3 is 5.69 Å². The quantitative estimate of drug-likeness (QED) is 0.413. The topological polar surface area (TPSA) is 104 Å². The molecule has 0 aliphatic carbocycles. The monoisotopic (exact) mass is 387 g/mol. The van der Waals surface area contributed by atoms with E-state index in [0.29, 0.717) is 27.1 Å². The predicted octanol–water partition coefficient (Wildman–Crippen LogP) is 2.56. The molecule has 130 valence electrons. The van der Waals surface area contributed by atoms with Crippen molar-refractivity contribution in [2.45, 2.75) is 0 Å². The first kappa shape index (κ1) is 16.5. The van der Waals surface area contributed by atoms with Crippen molar-refractivity contribution < 1.29 is 0 Å². The molecular formula is C16H11Cl2N7O. The lowest BCUT2D eigenvalue weighted by Gasteiger charge is -2.04. The summed E-state index contributed by atoms with van der Waals surface area (Å²) in [5.41, 5.74) is 3.65. The number of hydrazine groups is 1. The molecule has 0 saturated heterocycles. The van der Waals surface area contributed by atoms with Crippen LogP contribution in [-0.2, 0) is 0 Å². The van der Waals surface area contributed by atoms with Crippen LogP contribution in [0.5, 0.6) is 0 Å². The van der Waals surface area contributed by atoms with Crippen molar-refractivity contribution in [2.75, 3.05) is 5.43 Å². The number of nitrogen functional groups attached to an aromatic ring is 1. The number of benzene rings is 2. The number of nitrogens with two attached hydrogens (primary N) is 1. The van der Waals surface area contributed by atoms with E-state index in [-0.39, 0.29) is 17.3 Å². The van der Waals surface area contributed by atoms with E-state index < -0.39 is 0 Å². The molecule has 26 heavy (non-hydrogen) atoms. The molecule has 0 unspecified atom stereocenters. The highest BCUT2D eigenvalue weighted by Gasteiger charge is 2.20. The van der Waals surface area contributed by atoms with E-state index in [1.54, 1.807) is 30.3 Å². The van der Waals surface area contributed by atoms with E-state index in [9.17, 15) is 4.79 Å². The molecule has 2 aromatic heterocycles. The zero-order valence-electron chi connectivity index (χ0n) is 13.1. The molecule has 0 spiro atoms. The second-order valence-electron chi connectivity index (χ2n) is 5.31. The van der Waals surface area contributed by atoms with Crippen LogP contribution in [0.1, 0.15) is 0 Å². The Morgan fingerprint density at radius 2 is 1.62 bits per heavy atom. The van der Waals surface area contributed by atoms with Crippen LogP contribution in [0.25, 0.3) is 22.7 Å². The van der Waals surface area contributed by atoms with Gasteiger partial charge in [-0.3, -0.25) is 5.43 Å². The Kier molecular flexibility index (Phi) is 4.08. The number of nitrogens with one attached hydrogen (secondary N) is 1. The van der Waals surface area contributed by atoms with Crippen molar-refractivity contribution in [3.8, 4) is 11.4 Å². The average Bonchev–Trinajstić information content (AvgIpc) is 2.95. The molecule has 2 aromatic carbocycles. The third-order valence-corrected chi connectivity index (χ3v) is 4.50. The van der Waals surface area contributed by atoms with E-state index >= 15 is 0 Å². The smallest absolute Gasteiger partial charge is 0.291 e. The average molecular weight is 388 g/mol. The van der Waals surface area contributed by atoms with Crippen molar-refractivity contribution in [3.63, 3.8) is 0 Å². The number of hydrogen-bond donors (Lipinski definition) is 2. The zero-order valence-corrected chi connectivity index (χ0v) is 14.6. The number of anilines is 1. The lowest BCUT2D eigenvalue weighted by Crippen LogP contribution is -2.22. The molecule has 0 fully saturated rings. The Hall–Kier alpha value is -2.94. The summed E-state index contributed by atoms with van der Waals surface area (Å²) >= 11 is 12.1. The molecule has 4 rings (SSSR count). The summed E-state index contributed by atoms with van der Waals surface area (Å²) in [6.07, 6.45) is 0. The van der Waals surface area contributed by atoms with E-state index in [2.05, 4.69) is 20.6 Å². The van der Waals surface area contributed by atoms with Crippen LogP contribution in [0.2, 0.25) is 10.0 Å². The number of hydrogen-bond acceptors (Lipinski definition) is 6. The van der Waals surface area contributed by atoms with Crippen molar-refractivity contribution >= 4 is 40.4 Å². The molecule has 4 aromatic rings. The molecule has 0 radical (unpaired) electrons. The maximum Gasteiger partial charge on any atom is 0.340 e. The highest BCUT2D eigenvalue weighted by atomic mass is 35.5. The molecular weight excluding hydrogens is 377 g/mol. The summed E-state index contributed by atoms with van der Waals surface area (Å²) in [4.78, 5) is 17.5. The van der Waals surface area contributed by atoms with Crippen LogP contribution in [0.3, 0.4) is 0 Å². The zero-order chi connectivity index (χ0) is 18.3. The predicted molar refractivity (Wildman–Crippen MR) is 100 cm³/mol. The molecule has 0 aliphatic rings. The van der Waals surface area contributed by atoms with Crippen molar-refractivity contribution in [3.05, 3.63) is 69.1 Å². The maximum atomic E-state index is 13.2. The fraction of sp³-hybridized carbons (Fsp3) is 0. The van der Waals surface area contributed by atoms with Crippen LogP contribution >= 0.6 is 23.2 Å². The standard InChI is InChI=1S/C16H11Cl2N7O/c17-11-7-6-10(8-12(11)18)25-14-13(20-15(21-19)23-22-14)24(16(25)26)9-4-2-1-3-5-9/h1-8H,19H2,(H,20,21,23). The lowest BCUT2D eigenvalue weighted by molar-refractivity contribution is 0.917. The number of aromatic nitrogens is 5. The summed E-state index contributed by atoms with van der Waals surface area (Å²) in [7, 11) is 0. The SMILES string of the molecule is NNc1nnc2c(n1)n(-c1ccccc1)c(=O)n2-c1ccc(Cl)c(Cl)c1. The van der Waals surface area contributed by atoms with E-state index in [4.69, 9.17) is 29.0 Å². The second-order valence-corrected chi connectivity index (χ2v) is 6.13. The Bertz CT molecular complexity index is 1170. The van der Waals surface area contributed by atoms with Crippen LogP contribution in [0.4, 0.5) is 5.95 Å². The van der Waals surface area contributed by atoms with E-state index in [0.717, 1.165) is 0 Å². The highest BCUT2D eigenvalue weighted by molar-refractivity contribution is 6.42. The Labute approximate surface area is 156 Å². The molecule has 0 saturated carbocycles. The molecule has 10 heteroatoms. The van der Waals surface area contributed by atoms with Gasteiger partial charge in [0.25, 0.3) is 5.95 Å². The van der Waals surface area contributed by atoms with Gasteiger partial charge in [0.2, 0.25) is 5.65 Å². The van der Waals surface area contributed by atoms with E-state index in [1.165, 1.54) is 9.13 Å². The number of imidazole rings is 1. The fourth-order valence-corrected chi connectivity index (χ4v) is 2.91. The summed E-state index contributed by atoms with van der Waals surface area (Å²) in [6, 6.07) is 13.9. The third kappa shape index (κ3) is 2.60. The van der Waals surface area contributed by atoms with Gasteiger partial charge < -0.3 is 0 Å². The molecule has 2 heterocycles. The van der Waals surface area contributed by atoms with Gasteiger partial charge in [-0.2, -0.15) is 4.98 Å². The minimum absolute atomic E-state index is 0.0912. The Morgan fingerprint density at radius 3 is 2.31 bits per heavy atom. The Balaban J connectivity index is 2.10. The van der Waals surface area contributed by atoms with E-state index in [1.807, 2.05) is 18.2 Å². The van der Waals surface area contributed by atoms with Crippen molar-refractivity contribution in [2.24, 2.45) is 5.84 Å². The molecule has 0 aliphatic heterocycles. The van der Waals surface area contributed by atoms with Gasteiger partial charge in [-0.25, -0.2) is 19.8 Å². The van der Waals surface area contributed by atoms with Crippen LogP contribution in [0.15, 0.2) is 53.3 Å². The van der Waals surface area contributed by atoms with Gasteiger partial charge in [-0.15, -0.1) is 10.2 Å². The normalized spacial score (nSPS) is 11.0. The van der Waals surface area contributed by atoms with Gasteiger partial charge in [0.1, 0.15) is 0 Å². The van der Waals surface area contributed by atoms with Gasteiger partial charge in [0, 0.05) is 0 Å². The van der Waals surface area contributed by atoms with Crippen LogP contribution in [0, 0.1) is 0 Å². The minimum atomic E-state index is -0.374. The summed E-state index contributed by atoms with van der Waals surface area (Å²) in [6.45, 7) is 0. The second kappa shape index (κ2) is 6.41. The highest BCUT2D eigenvalue weighted by Crippen LogP contribution is 2.26. The number of halogens is 2. The maximum absolute atomic E-state index is 13.2. The number of para-hydroxylation sites is 1. The minimum Gasteiger partial charge on any atom is -0.291 e. The summed E-state index contributed by atoms with van der Waals surface area (Å²) < 4.78 is 2.79. The first-order valence-corrected chi connectivity index (χ1v) is 8.21. The van der Waals surface area contributed by atoms with Crippen molar-refractivity contribution in [1.82, 2.24) is 24.3 Å². The van der Waals surface area contributed by atoms with Gasteiger partial charge in [-0.1, -0.05) is 41.4 Å². The molecule has 0 bridgehead atoms. The fourth-order valence-electron chi connectivity index (χ4n) is 2.62. The van der Waals surface area contributed by atoms with Crippen LogP contribution in [-0.4, -0.2) is 24.3 Å². The summed E-state index contributed by atoms with van der Waals surface area (Å²) in [5, 5.41) is 8.67. The third-order valence-electron chi connectivity index (χ3n) is 3.76. The lowest BCUT2D eigenvalue weighted by atomic mass is 10.3. The van der Waals surface area contributed by atoms with Crippen molar-refractivity contribution in [1.29, 1.82) is 0 Å². The summed E-state index contributed by atoms with van der Waals surface area (Å²) in [5.74, 6) is 5.47. The van der Waals surface area contributed by atoms with Gasteiger partial charge in [0.15, 0.2) is 5.65 Å². The molecule has 0 atom stereocenters. The molecule has 3 N–H and O–H groups in total.